The van der Waals surface area contributed by atoms with E-state index in [1.165, 1.54) is 44.5 Å². The van der Waals surface area contributed by atoms with Crippen molar-refractivity contribution in [3.8, 4) is 5.75 Å². The number of piperidine rings is 1. The molecule has 2 aromatic rings. The van der Waals surface area contributed by atoms with Gasteiger partial charge in [-0.1, -0.05) is 36.4 Å². The fourth-order valence-electron chi connectivity index (χ4n) is 5.42. The topological polar surface area (TPSA) is 15.7 Å². The third kappa shape index (κ3) is 2.61. The summed E-state index contributed by atoms with van der Waals surface area (Å²) in [6.45, 7) is 4.80. The minimum absolute atomic E-state index is 0.689. The second-order valence-electron chi connectivity index (χ2n) is 7.98. The first-order chi connectivity index (χ1) is 12.8. The lowest BCUT2D eigenvalue weighted by molar-refractivity contribution is 0.194. The second kappa shape index (κ2) is 6.62. The summed E-state index contributed by atoms with van der Waals surface area (Å²) in [6.07, 6.45) is 4.94. The number of hydrogen-bond donors (Lipinski definition) is 0. The van der Waals surface area contributed by atoms with E-state index in [1.807, 2.05) is 0 Å². The van der Waals surface area contributed by atoms with Crippen LogP contribution in [0.25, 0.3) is 0 Å². The minimum atomic E-state index is 0.689. The molecular formula is C23H28N2O. The fourth-order valence-corrected chi connectivity index (χ4v) is 5.42. The Bertz CT molecular complexity index is 803. The van der Waals surface area contributed by atoms with Crippen molar-refractivity contribution in [3.63, 3.8) is 0 Å². The molecule has 0 aliphatic carbocycles. The molecule has 2 atom stereocenters. The Morgan fingerprint density at radius 1 is 1.08 bits per heavy atom. The number of fused-ring (bicyclic) bond motifs is 3. The van der Waals surface area contributed by atoms with Gasteiger partial charge in [0, 0.05) is 43.8 Å². The lowest BCUT2D eigenvalue weighted by Crippen LogP contribution is -2.47. The van der Waals surface area contributed by atoms with Crippen LogP contribution in [0.3, 0.4) is 0 Å². The number of methoxy groups -OCH3 is 1. The lowest BCUT2D eigenvalue weighted by Gasteiger charge is -2.40. The van der Waals surface area contributed by atoms with E-state index in [1.54, 1.807) is 23.9 Å². The molecule has 0 aromatic heterocycles. The molecule has 5 rings (SSSR count). The summed E-state index contributed by atoms with van der Waals surface area (Å²) >= 11 is 0. The van der Waals surface area contributed by atoms with Crippen LogP contribution in [0.2, 0.25) is 0 Å². The summed E-state index contributed by atoms with van der Waals surface area (Å²) < 4.78 is 5.52. The zero-order valence-electron chi connectivity index (χ0n) is 15.7. The van der Waals surface area contributed by atoms with Crippen molar-refractivity contribution in [1.29, 1.82) is 0 Å². The standard InChI is InChI=1S/C23H28N2O/c1-26-22-10-3-2-6-17(22)11-14-24-15-12-21-20(16-24)19-9-4-7-18-8-5-13-25(21)23(18)19/h2-4,6-7,9-10,20-21H,5,8,11-16H2,1H3/t20-,21-/m0/s1. The van der Waals surface area contributed by atoms with Crippen molar-refractivity contribution in [2.75, 3.05) is 38.2 Å². The number of hydrogen-bond acceptors (Lipinski definition) is 3. The molecule has 0 unspecified atom stereocenters. The van der Waals surface area contributed by atoms with Gasteiger partial charge in [0.2, 0.25) is 0 Å². The zero-order chi connectivity index (χ0) is 17.5. The van der Waals surface area contributed by atoms with Crippen LogP contribution >= 0.6 is 0 Å². The molecule has 3 nitrogen and oxygen atoms in total. The van der Waals surface area contributed by atoms with Gasteiger partial charge in [0.1, 0.15) is 5.75 Å². The average Bonchev–Trinajstić information content (AvgIpc) is 3.02. The van der Waals surface area contributed by atoms with Gasteiger partial charge in [-0.3, -0.25) is 0 Å². The van der Waals surface area contributed by atoms with Crippen LogP contribution in [-0.2, 0) is 12.8 Å². The number of ether oxygens (including phenoxy) is 1. The Kier molecular flexibility index (Phi) is 4.12. The Labute approximate surface area is 156 Å². The Morgan fingerprint density at radius 2 is 2.00 bits per heavy atom. The van der Waals surface area contributed by atoms with Gasteiger partial charge in [0.15, 0.2) is 0 Å². The maximum atomic E-state index is 5.52. The summed E-state index contributed by atoms with van der Waals surface area (Å²) in [5.41, 5.74) is 6.13. The molecule has 3 heterocycles. The molecule has 1 fully saturated rings. The number of nitrogens with zero attached hydrogens (tertiary/aromatic N) is 2. The third-order valence-electron chi connectivity index (χ3n) is 6.63. The van der Waals surface area contributed by atoms with Crippen molar-refractivity contribution >= 4 is 5.69 Å². The highest BCUT2D eigenvalue weighted by Gasteiger charge is 2.43. The van der Waals surface area contributed by atoms with Gasteiger partial charge >= 0.3 is 0 Å². The first kappa shape index (κ1) is 16.2. The molecule has 0 spiro atoms. The highest BCUT2D eigenvalue weighted by atomic mass is 16.5. The van der Waals surface area contributed by atoms with Gasteiger partial charge in [0.05, 0.1) is 7.11 Å². The molecule has 2 aromatic carbocycles. The van der Waals surface area contributed by atoms with Gasteiger partial charge in [-0.25, -0.2) is 0 Å². The molecule has 0 N–H and O–H groups in total. The Hall–Kier alpha value is -2.00. The van der Waals surface area contributed by atoms with E-state index in [0.29, 0.717) is 5.92 Å². The number of rotatable bonds is 4. The molecule has 26 heavy (non-hydrogen) atoms. The van der Waals surface area contributed by atoms with Crippen molar-refractivity contribution in [1.82, 2.24) is 4.90 Å². The summed E-state index contributed by atoms with van der Waals surface area (Å²) in [5, 5.41) is 0. The van der Waals surface area contributed by atoms with E-state index in [0.717, 1.165) is 24.8 Å². The summed E-state index contributed by atoms with van der Waals surface area (Å²) in [4.78, 5) is 5.42. The predicted octanol–water partition coefficient (Wildman–Crippen LogP) is 3.86. The SMILES string of the molecule is COc1ccccc1CCN1CC[C@H]2[C@@H](C1)c1cccc3c1N2CCC3. The average molecular weight is 348 g/mol. The molecule has 0 saturated carbocycles. The van der Waals surface area contributed by atoms with Crippen LogP contribution in [0.4, 0.5) is 5.69 Å². The molecule has 0 radical (unpaired) electrons. The van der Waals surface area contributed by atoms with Gasteiger partial charge in [-0.05, 0) is 48.4 Å². The first-order valence-electron chi connectivity index (χ1n) is 10.1. The number of benzene rings is 2. The van der Waals surface area contributed by atoms with Crippen LogP contribution in [0.5, 0.6) is 5.75 Å². The van der Waals surface area contributed by atoms with Gasteiger partial charge in [0.25, 0.3) is 0 Å². The van der Waals surface area contributed by atoms with Gasteiger partial charge in [-0.2, -0.15) is 0 Å². The van der Waals surface area contributed by atoms with E-state index in [2.05, 4.69) is 52.3 Å². The molecule has 0 amide bonds. The molecule has 3 heteroatoms. The monoisotopic (exact) mass is 348 g/mol. The van der Waals surface area contributed by atoms with Crippen molar-refractivity contribution in [3.05, 3.63) is 59.2 Å². The zero-order valence-corrected chi connectivity index (χ0v) is 15.7. The van der Waals surface area contributed by atoms with Crippen LogP contribution < -0.4 is 9.64 Å². The maximum absolute atomic E-state index is 5.52. The molecule has 3 aliphatic rings. The maximum Gasteiger partial charge on any atom is 0.122 e. The Balaban J connectivity index is 1.32. The summed E-state index contributed by atoms with van der Waals surface area (Å²) in [6, 6.07) is 16.2. The van der Waals surface area contributed by atoms with Crippen molar-refractivity contribution in [2.45, 2.75) is 37.6 Å². The second-order valence-corrected chi connectivity index (χ2v) is 7.98. The molecule has 0 bridgehead atoms. The predicted molar refractivity (Wildman–Crippen MR) is 106 cm³/mol. The number of para-hydroxylation sites is 2. The highest BCUT2D eigenvalue weighted by Crippen LogP contribution is 2.48. The van der Waals surface area contributed by atoms with E-state index in [4.69, 9.17) is 4.74 Å². The molecular weight excluding hydrogens is 320 g/mol. The smallest absolute Gasteiger partial charge is 0.122 e. The van der Waals surface area contributed by atoms with E-state index in [9.17, 15) is 0 Å². The van der Waals surface area contributed by atoms with Crippen LogP contribution in [0.1, 0.15) is 35.4 Å². The van der Waals surface area contributed by atoms with Crippen molar-refractivity contribution in [2.24, 2.45) is 0 Å². The molecule has 1 saturated heterocycles. The van der Waals surface area contributed by atoms with Gasteiger partial charge in [-0.15, -0.1) is 0 Å². The fraction of sp³-hybridized carbons (Fsp3) is 0.478. The van der Waals surface area contributed by atoms with Crippen LogP contribution in [-0.4, -0.2) is 44.2 Å². The molecule has 136 valence electrons. The number of aryl methyl sites for hydroxylation is 1. The molecule has 3 aliphatic heterocycles. The normalized spacial score (nSPS) is 24.3. The summed E-state index contributed by atoms with van der Waals surface area (Å²) in [5.74, 6) is 1.71. The summed E-state index contributed by atoms with van der Waals surface area (Å²) in [7, 11) is 1.77. The van der Waals surface area contributed by atoms with Gasteiger partial charge < -0.3 is 14.5 Å². The van der Waals surface area contributed by atoms with E-state index in [-0.39, 0.29) is 0 Å². The highest BCUT2D eigenvalue weighted by molar-refractivity contribution is 5.68. The van der Waals surface area contributed by atoms with E-state index < -0.39 is 0 Å². The largest absolute Gasteiger partial charge is 0.496 e. The third-order valence-corrected chi connectivity index (χ3v) is 6.63. The Morgan fingerprint density at radius 3 is 2.92 bits per heavy atom. The van der Waals surface area contributed by atoms with Crippen LogP contribution in [0, 0.1) is 0 Å². The van der Waals surface area contributed by atoms with Crippen molar-refractivity contribution < 1.29 is 4.74 Å². The van der Waals surface area contributed by atoms with Crippen LogP contribution in [0.15, 0.2) is 42.5 Å². The lowest BCUT2D eigenvalue weighted by atomic mass is 9.88. The first-order valence-corrected chi connectivity index (χ1v) is 10.1. The number of likely N-dealkylation sites (tertiary alicyclic amines) is 1. The minimum Gasteiger partial charge on any atom is -0.496 e. The number of anilines is 1. The quantitative estimate of drug-likeness (QED) is 0.834. The van der Waals surface area contributed by atoms with E-state index >= 15 is 0 Å².